The Morgan fingerprint density at radius 2 is 1.02 bits per heavy atom. The number of hydrogen-bond donors (Lipinski definition) is 0. The van der Waals surface area contributed by atoms with Crippen LogP contribution in [0.3, 0.4) is 0 Å². The summed E-state index contributed by atoms with van der Waals surface area (Å²) in [6, 6.07) is 71.9. The van der Waals surface area contributed by atoms with Gasteiger partial charge in [-0.25, -0.2) is 0 Å². The molecule has 2 aliphatic carbocycles. The van der Waals surface area contributed by atoms with E-state index in [0.29, 0.717) is 0 Å². The molecule has 1 spiro atoms. The zero-order valence-electron chi connectivity index (χ0n) is 31.8. The zero-order valence-corrected chi connectivity index (χ0v) is 31.8. The molecule has 0 aliphatic heterocycles. The standard InChI is InChI=1S/C56H35NO/c1-34-15-2-12-26-50(34)57(51-27-14-23-45-42-20-9-13-28-52(42)58-55(45)51)37-30-29-35-32-46-49(33-36(35)31-37)56(47-24-10-7-18-40(47)41-19-8-11-25-48(41)56)54-44-22-6-4-17-39(44)38-16-3-5-21-43(38)53(46)54/h2-33H,1H3. The van der Waals surface area contributed by atoms with Crippen LogP contribution in [0.5, 0.6) is 0 Å². The number of rotatable bonds is 3. The molecule has 1 aromatic heterocycles. The van der Waals surface area contributed by atoms with E-state index in [1.54, 1.807) is 0 Å². The van der Waals surface area contributed by atoms with E-state index in [2.05, 4.69) is 200 Å². The first kappa shape index (κ1) is 31.7. The Kier molecular flexibility index (Phi) is 6.33. The van der Waals surface area contributed by atoms with E-state index in [-0.39, 0.29) is 0 Å². The molecule has 2 heteroatoms. The van der Waals surface area contributed by atoms with Crippen LogP contribution in [0.4, 0.5) is 17.1 Å². The first-order chi connectivity index (χ1) is 28.7. The summed E-state index contributed by atoms with van der Waals surface area (Å²) in [4.78, 5) is 2.39. The lowest BCUT2D eigenvalue weighted by Gasteiger charge is -2.32. The Bertz CT molecular complexity index is 3510. The molecule has 0 amide bonds. The number of anilines is 3. The Morgan fingerprint density at radius 3 is 1.79 bits per heavy atom. The Labute approximate surface area is 335 Å². The number of hydrogen-bond acceptors (Lipinski definition) is 2. The largest absolute Gasteiger partial charge is 0.454 e. The summed E-state index contributed by atoms with van der Waals surface area (Å²) in [7, 11) is 0. The van der Waals surface area contributed by atoms with Gasteiger partial charge in [0, 0.05) is 22.1 Å². The van der Waals surface area contributed by atoms with Crippen LogP contribution in [0.15, 0.2) is 199 Å². The van der Waals surface area contributed by atoms with Crippen molar-refractivity contribution < 1.29 is 4.42 Å². The molecule has 10 aromatic carbocycles. The zero-order chi connectivity index (χ0) is 38.1. The van der Waals surface area contributed by atoms with Gasteiger partial charge in [0.1, 0.15) is 5.58 Å². The number of para-hydroxylation sites is 3. The number of furan rings is 1. The van der Waals surface area contributed by atoms with Crippen LogP contribution in [0.25, 0.3) is 76.5 Å². The Balaban J connectivity index is 1.14. The second-order valence-corrected chi connectivity index (χ2v) is 16.0. The molecule has 0 atom stereocenters. The first-order valence-corrected chi connectivity index (χ1v) is 20.2. The normalized spacial score (nSPS) is 13.4. The molecule has 0 saturated heterocycles. The molecule has 0 saturated carbocycles. The average Bonchev–Trinajstić information content (AvgIpc) is 3.91. The molecule has 0 unspecified atom stereocenters. The second kappa shape index (κ2) is 11.6. The van der Waals surface area contributed by atoms with E-state index in [1.807, 2.05) is 6.07 Å². The van der Waals surface area contributed by atoms with Gasteiger partial charge in [0.25, 0.3) is 0 Å². The van der Waals surface area contributed by atoms with E-state index in [0.717, 1.165) is 39.0 Å². The fourth-order valence-corrected chi connectivity index (χ4v) is 10.8. The third-order valence-corrected chi connectivity index (χ3v) is 13.1. The molecule has 0 radical (unpaired) electrons. The van der Waals surface area contributed by atoms with Gasteiger partial charge in [-0.2, -0.15) is 0 Å². The van der Waals surface area contributed by atoms with Gasteiger partial charge in [-0.15, -0.1) is 0 Å². The van der Waals surface area contributed by atoms with Gasteiger partial charge in [0.15, 0.2) is 5.58 Å². The molecule has 1 heterocycles. The SMILES string of the molecule is Cc1ccccc1N(c1ccc2cc3c(cc2c1)C1(c2ccccc2-c2ccccc21)c1c-3c2ccccc2c2ccccc12)c1cccc2c1oc1ccccc12. The van der Waals surface area contributed by atoms with Crippen molar-refractivity contribution in [3.63, 3.8) is 0 Å². The van der Waals surface area contributed by atoms with Crippen molar-refractivity contribution in [2.24, 2.45) is 0 Å². The van der Waals surface area contributed by atoms with Gasteiger partial charge >= 0.3 is 0 Å². The summed E-state index contributed by atoms with van der Waals surface area (Å²) in [6.07, 6.45) is 0. The van der Waals surface area contributed by atoms with Gasteiger partial charge in [-0.1, -0.05) is 152 Å². The van der Waals surface area contributed by atoms with Gasteiger partial charge in [-0.05, 0) is 132 Å². The Hall–Kier alpha value is -7.42. The summed E-state index contributed by atoms with van der Waals surface area (Å²) in [6.45, 7) is 2.19. The lowest BCUT2D eigenvalue weighted by molar-refractivity contribution is 0.669. The summed E-state index contributed by atoms with van der Waals surface area (Å²) in [5, 5.41) is 9.87. The number of aryl methyl sites for hydroxylation is 1. The highest BCUT2D eigenvalue weighted by molar-refractivity contribution is 6.21. The van der Waals surface area contributed by atoms with Crippen LogP contribution in [-0.2, 0) is 5.41 Å². The van der Waals surface area contributed by atoms with Crippen molar-refractivity contribution in [1.82, 2.24) is 0 Å². The third-order valence-electron chi connectivity index (χ3n) is 13.1. The summed E-state index contributed by atoms with van der Waals surface area (Å²) >= 11 is 0. The van der Waals surface area contributed by atoms with Gasteiger partial charge < -0.3 is 9.32 Å². The maximum Gasteiger partial charge on any atom is 0.159 e. The Morgan fingerprint density at radius 1 is 0.414 bits per heavy atom. The van der Waals surface area contributed by atoms with Gasteiger partial charge in [0.2, 0.25) is 0 Å². The summed E-state index contributed by atoms with van der Waals surface area (Å²) in [5.74, 6) is 0. The highest BCUT2D eigenvalue weighted by Gasteiger charge is 2.53. The minimum absolute atomic E-state index is 0.499. The van der Waals surface area contributed by atoms with Crippen molar-refractivity contribution in [2.45, 2.75) is 12.3 Å². The maximum absolute atomic E-state index is 6.69. The van der Waals surface area contributed by atoms with Crippen LogP contribution in [-0.4, -0.2) is 0 Å². The predicted octanol–water partition coefficient (Wildman–Crippen LogP) is 15.2. The molecule has 58 heavy (non-hydrogen) atoms. The van der Waals surface area contributed by atoms with Crippen LogP contribution >= 0.6 is 0 Å². The molecular formula is C56H35NO. The fraction of sp³-hybridized carbons (Fsp3) is 0.0357. The summed E-state index contributed by atoms with van der Waals surface area (Å²) < 4.78 is 6.69. The molecule has 0 bridgehead atoms. The van der Waals surface area contributed by atoms with Crippen LogP contribution in [0.1, 0.15) is 27.8 Å². The van der Waals surface area contributed by atoms with Crippen molar-refractivity contribution in [3.8, 4) is 22.3 Å². The van der Waals surface area contributed by atoms with Crippen molar-refractivity contribution in [3.05, 3.63) is 222 Å². The van der Waals surface area contributed by atoms with Crippen molar-refractivity contribution in [2.75, 3.05) is 4.90 Å². The molecule has 2 nitrogen and oxygen atoms in total. The summed E-state index contributed by atoms with van der Waals surface area (Å²) in [5.41, 5.74) is 16.4. The third kappa shape index (κ3) is 4.01. The number of nitrogens with zero attached hydrogens (tertiary/aromatic N) is 1. The van der Waals surface area contributed by atoms with E-state index < -0.39 is 5.41 Å². The van der Waals surface area contributed by atoms with Crippen LogP contribution in [0, 0.1) is 6.92 Å². The first-order valence-electron chi connectivity index (χ1n) is 20.2. The van der Waals surface area contributed by atoms with Gasteiger partial charge in [-0.3, -0.25) is 0 Å². The molecule has 0 fully saturated rings. The van der Waals surface area contributed by atoms with Crippen LogP contribution < -0.4 is 4.90 Å². The quantitative estimate of drug-likeness (QED) is 0.168. The maximum atomic E-state index is 6.69. The number of benzene rings is 10. The van der Waals surface area contributed by atoms with Crippen molar-refractivity contribution in [1.29, 1.82) is 0 Å². The molecule has 2 aliphatic rings. The molecule has 11 aromatic rings. The minimum atomic E-state index is -0.499. The molecule has 13 rings (SSSR count). The second-order valence-electron chi connectivity index (χ2n) is 16.0. The predicted molar refractivity (Wildman–Crippen MR) is 242 cm³/mol. The average molecular weight is 738 g/mol. The molecular weight excluding hydrogens is 703 g/mol. The lowest BCUT2D eigenvalue weighted by Crippen LogP contribution is -2.26. The van der Waals surface area contributed by atoms with Crippen molar-refractivity contribution >= 4 is 71.3 Å². The highest BCUT2D eigenvalue weighted by atomic mass is 16.3. The topological polar surface area (TPSA) is 16.4 Å². The van der Waals surface area contributed by atoms with E-state index >= 15 is 0 Å². The van der Waals surface area contributed by atoms with E-state index in [9.17, 15) is 0 Å². The molecule has 0 N–H and O–H groups in total. The number of fused-ring (bicyclic) bond motifs is 19. The highest BCUT2D eigenvalue weighted by Crippen LogP contribution is 2.66. The van der Waals surface area contributed by atoms with E-state index in [4.69, 9.17) is 4.42 Å². The van der Waals surface area contributed by atoms with Gasteiger partial charge in [0.05, 0.1) is 11.1 Å². The van der Waals surface area contributed by atoms with E-state index in [1.165, 1.54) is 82.4 Å². The molecule has 270 valence electrons. The van der Waals surface area contributed by atoms with Crippen LogP contribution in [0.2, 0.25) is 0 Å². The fourth-order valence-electron chi connectivity index (χ4n) is 10.8. The lowest BCUT2D eigenvalue weighted by atomic mass is 9.69. The smallest absolute Gasteiger partial charge is 0.159 e. The minimum Gasteiger partial charge on any atom is -0.454 e. The monoisotopic (exact) mass is 737 g/mol.